The van der Waals surface area contributed by atoms with Gasteiger partial charge in [-0.25, -0.2) is 0 Å². The number of likely N-dealkylation sites (N-methyl/N-ethyl adjacent to an activating group) is 1. The summed E-state index contributed by atoms with van der Waals surface area (Å²) < 4.78 is 5.63. The number of carbonyl (C=O) groups excluding carboxylic acids is 1. The van der Waals surface area contributed by atoms with Crippen molar-refractivity contribution in [2.75, 3.05) is 32.7 Å². The molecule has 1 N–H and O–H groups in total. The van der Waals surface area contributed by atoms with Crippen LogP contribution in [-0.4, -0.2) is 54.5 Å². The Balaban J connectivity index is 1.17. The van der Waals surface area contributed by atoms with Crippen LogP contribution in [-0.2, 0) is 11.3 Å². The molecule has 3 heterocycles. The maximum absolute atomic E-state index is 12.3. The van der Waals surface area contributed by atoms with Crippen LogP contribution >= 0.6 is 0 Å². The molecule has 1 amide bonds. The third-order valence-electron chi connectivity index (χ3n) is 7.12. The summed E-state index contributed by atoms with van der Waals surface area (Å²) in [4.78, 5) is 17.4. The van der Waals surface area contributed by atoms with Crippen molar-refractivity contribution in [3.8, 4) is 11.3 Å². The number of furan rings is 1. The summed E-state index contributed by atoms with van der Waals surface area (Å²) in [7, 11) is 0. The van der Waals surface area contributed by atoms with E-state index in [2.05, 4.69) is 46.3 Å². The normalized spacial score (nSPS) is 20.9. The van der Waals surface area contributed by atoms with Crippen LogP contribution < -0.4 is 5.32 Å². The molecule has 1 atom stereocenters. The van der Waals surface area contributed by atoms with Crippen molar-refractivity contribution in [3.63, 3.8) is 0 Å². The molecule has 0 spiro atoms. The Bertz CT molecular complexity index is 812. The standard InChI is InChI=1S/C26H37N3O2/c1-2-29-15-5-8-23(29)19-27-26(30)12-11-21-13-16-28(17-14-21)20-22-7-3-4-9-24(22)25-10-6-18-31-25/h3-4,6-7,9-10,18,21,23H,2,5,8,11-17,19-20H2,1H3,(H,27,30)/t23-/m1/s1. The highest BCUT2D eigenvalue weighted by molar-refractivity contribution is 5.75. The van der Waals surface area contributed by atoms with Gasteiger partial charge in [-0.3, -0.25) is 14.6 Å². The molecule has 2 fully saturated rings. The van der Waals surface area contributed by atoms with Crippen LogP contribution in [0.5, 0.6) is 0 Å². The first kappa shape index (κ1) is 22.1. The highest BCUT2D eigenvalue weighted by atomic mass is 16.3. The lowest BCUT2D eigenvalue weighted by Gasteiger charge is -2.32. The van der Waals surface area contributed by atoms with Gasteiger partial charge in [0.1, 0.15) is 5.76 Å². The lowest BCUT2D eigenvalue weighted by Crippen LogP contribution is -2.40. The van der Waals surface area contributed by atoms with Crippen molar-refractivity contribution in [2.45, 2.75) is 58.0 Å². The monoisotopic (exact) mass is 423 g/mol. The molecule has 2 aromatic rings. The van der Waals surface area contributed by atoms with Gasteiger partial charge in [0.25, 0.3) is 0 Å². The van der Waals surface area contributed by atoms with Gasteiger partial charge in [-0.15, -0.1) is 0 Å². The first-order valence-corrected chi connectivity index (χ1v) is 12.1. The highest BCUT2D eigenvalue weighted by Gasteiger charge is 2.24. The Hall–Kier alpha value is -2.11. The number of amides is 1. The number of hydrogen-bond donors (Lipinski definition) is 1. The molecular formula is C26H37N3O2. The summed E-state index contributed by atoms with van der Waals surface area (Å²) in [6.07, 6.45) is 8.27. The Labute approximate surface area is 186 Å². The number of likely N-dealkylation sites (tertiary alicyclic amines) is 2. The van der Waals surface area contributed by atoms with Crippen molar-refractivity contribution in [3.05, 3.63) is 48.2 Å². The summed E-state index contributed by atoms with van der Waals surface area (Å²) in [6.45, 7) is 8.47. The molecule has 5 nitrogen and oxygen atoms in total. The second kappa shape index (κ2) is 11.0. The molecule has 0 bridgehead atoms. The third kappa shape index (κ3) is 5.98. The minimum Gasteiger partial charge on any atom is -0.464 e. The van der Waals surface area contributed by atoms with Gasteiger partial charge in [-0.2, -0.15) is 0 Å². The van der Waals surface area contributed by atoms with E-state index in [9.17, 15) is 4.79 Å². The highest BCUT2D eigenvalue weighted by Crippen LogP contribution is 2.28. The van der Waals surface area contributed by atoms with Gasteiger partial charge < -0.3 is 9.73 Å². The molecule has 5 heteroatoms. The van der Waals surface area contributed by atoms with E-state index < -0.39 is 0 Å². The number of hydrogen-bond acceptors (Lipinski definition) is 4. The van der Waals surface area contributed by atoms with Crippen LogP contribution in [0.2, 0.25) is 0 Å². The van der Waals surface area contributed by atoms with Gasteiger partial charge >= 0.3 is 0 Å². The average Bonchev–Trinajstić information content (AvgIpc) is 3.49. The number of carbonyl (C=O) groups is 1. The van der Waals surface area contributed by atoms with E-state index in [0.717, 1.165) is 44.9 Å². The van der Waals surface area contributed by atoms with Crippen LogP contribution in [0.15, 0.2) is 47.1 Å². The van der Waals surface area contributed by atoms with Crippen LogP contribution in [0.25, 0.3) is 11.3 Å². The van der Waals surface area contributed by atoms with Crippen LogP contribution in [0.1, 0.15) is 51.0 Å². The van der Waals surface area contributed by atoms with E-state index in [1.54, 1.807) is 6.26 Å². The number of rotatable bonds is 9. The fourth-order valence-corrected chi connectivity index (χ4v) is 5.20. The predicted molar refractivity (Wildman–Crippen MR) is 125 cm³/mol. The molecule has 2 saturated heterocycles. The topological polar surface area (TPSA) is 48.7 Å². The Morgan fingerprint density at radius 2 is 1.94 bits per heavy atom. The van der Waals surface area contributed by atoms with Gasteiger partial charge in [0, 0.05) is 31.1 Å². The molecule has 0 radical (unpaired) electrons. The fourth-order valence-electron chi connectivity index (χ4n) is 5.20. The predicted octanol–water partition coefficient (Wildman–Crippen LogP) is 4.54. The van der Waals surface area contributed by atoms with Gasteiger partial charge in [0.2, 0.25) is 5.91 Å². The van der Waals surface area contributed by atoms with Crippen molar-refractivity contribution in [1.82, 2.24) is 15.1 Å². The molecule has 168 valence electrons. The molecule has 4 rings (SSSR count). The third-order valence-corrected chi connectivity index (χ3v) is 7.12. The molecule has 31 heavy (non-hydrogen) atoms. The van der Waals surface area contributed by atoms with Gasteiger partial charge in [-0.1, -0.05) is 31.2 Å². The maximum Gasteiger partial charge on any atom is 0.220 e. The van der Waals surface area contributed by atoms with Crippen LogP contribution in [0.4, 0.5) is 0 Å². The number of benzene rings is 1. The van der Waals surface area contributed by atoms with E-state index in [-0.39, 0.29) is 5.91 Å². The van der Waals surface area contributed by atoms with E-state index in [4.69, 9.17) is 4.42 Å². The van der Waals surface area contributed by atoms with E-state index >= 15 is 0 Å². The van der Waals surface area contributed by atoms with Crippen molar-refractivity contribution < 1.29 is 9.21 Å². The second-order valence-electron chi connectivity index (χ2n) is 9.12. The zero-order chi connectivity index (χ0) is 21.5. The molecule has 2 aliphatic rings. The SMILES string of the molecule is CCN1CCC[C@@H]1CNC(=O)CCC1CCN(Cc2ccccc2-c2ccco2)CC1. The summed E-state index contributed by atoms with van der Waals surface area (Å²) in [5.41, 5.74) is 2.51. The first-order chi connectivity index (χ1) is 15.2. The largest absolute Gasteiger partial charge is 0.464 e. The van der Waals surface area contributed by atoms with Gasteiger partial charge in [0.05, 0.1) is 6.26 Å². The molecular weight excluding hydrogens is 386 g/mol. The molecule has 0 aliphatic carbocycles. The van der Waals surface area contributed by atoms with Gasteiger partial charge in [-0.05, 0) is 81.9 Å². The summed E-state index contributed by atoms with van der Waals surface area (Å²) in [5.74, 6) is 1.84. The first-order valence-electron chi connectivity index (χ1n) is 12.1. The zero-order valence-corrected chi connectivity index (χ0v) is 18.9. The van der Waals surface area contributed by atoms with Crippen LogP contribution in [0, 0.1) is 5.92 Å². The molecule has 0 saturated carbocycles. The van der Waals surface area contributed by atoms with E-state index in [1.165, 1.54) is 43.4 Å². The Morgan fingerprint density at radius 1 is 1.10 bits per heavy atom. The second-order valence-corrected chi connectivity index (χ2v) is 9.12. The smallest absolute Gasteiger partial charge is 0.220 e. The number of nitrogens with one attached hydrogen (secondary N) is 1. The zero-order valence-electron chi connectivity index (χ0n) is 18.9. The Kier molecular flexibility index (Phi) is 7.81. The minimum atomic E-state index is 0.234. The summed E-state index contributed by atoms with van der Waals surface area (Å²) in [5, 5.41) is 3.19. The fraction of sp³-hybridized carbons (Fsp3) is 0.577. The molecule has 2 aliphatic heterocycles. The van der Waals surface area contributed by atoms with Crippen molar-refractivity contribution in [2.24, 2.45) is 5.92 Å². The lowest BCUT2D eigenvalue weighted by atomic mass is 9.91. The van der Waals surface area contributed by atoms with Crippen molar-refractivity contribution >= 4 is 5.91 Å². The molecule has 0 unspecified atom stereocenters. The summed E-state index contributed by atoms with van der Waals surface area (Å²) in [6, 6.07) is 13.1. The Morgan fingerprint density at radius 3 is 2.71 bits per heavy atom. The lowest BCUT2D eigenvalue weighted by molar-refractivity contribution is -0.121. The quantitative estimate of drug-likeness (QED) is 0.643. The molecule has 1 aromatic heterocycles. The van der Waals surface area contributed by atoms with E-state index in [1.807, 2.05) is 12.1 Å². The average molecular weight is 424 g/mol. The maximum atomic E-state index is 12.3. The summed E-state index contributed by atoms with van der Waals surface area (Å²) >= 11 is 0. The molecule has 1 aromatic carbocycles. The minimum absolute atomic E-state index is 0.234. The van der Waals surface area contributed by atoms with Crippen molar-refractivity contribution in [1.29, 1.82) is 0 Å². The van der Waals surface area contributed by atoms with Gasteiger partial charge in [0.15, 0.2) is 0 Å². The van der Waals surface area contributed by atoms with Crippen LogP contribution in [0.3, 0.4) is 0 Å². The number of nitrogens with zero attached hydrogens (tertiary/aromatic N) is 2. The number of piperidine rings is 1. The van der Waals surface area contributed by atoms with E-state index in [0.29, 0.717) is 18.4 Å².